The van der Waals surface area contributed by atoms with E-state index in [1.165, 1.54) is 0 Å². The van der Waals surface area contributed by atoms with E-state index in [4.69, 9.17) is 11.6 Å². The van der Waals surface area contributed by atoms with Gasteiger partial charge in [0.15, 0.2) is 0 Å². The Labute approximate surface area is 131 Å². The number of nitrogens with zero attached hydrogens (tertiary/aromatic N) is 3. The number of benzene rings is 1. The van der Waals surface area contributed by atoms with Crippen molar-refractivity contribution < 1.29 is 0 Å². The third-order valence-corrected chi connectivity index (χ3v) is 3.24. The molecule has 0 fully saturated rings. The van der Waals surface area contributed by atoms with Gasteiger partial charge in [-0.05, 0) is 48.7 Å². The van der Waals surface area contributed by atoms with E-state index in [9.17, 15) is 0 Å². The first-order valence-corrected chi connectivity index (χ1v) is 7.44. The lowest BCUT2D eigenvalue weighted by Crippen LogP contribution is -2.08. The molecule has 1 heterocycles. The Balaban J connectivity index is 2.21. The van der Waals surface area contributed by atoms with E-state index >= 15 is 0 Å². The highest BCUT2D eigenvalue weighted by Crippen LogP contribution is 2.23. The molecule has 20 heavy (non-hydrogen) atoms. The Morgan fingerprint density at radius 1 is 1.20 bits per heavy atom. The SMILES string of the molecule is CCCNc1nc(Cl)nc(Nc2ccc(Br)cc2C)n1. The molecule has 2 aromatic rings. The summed E-state index contributed by atoms with van der Waals surface area (Å²) in [6.07, 6.45) is 0.984. The molecule has 1 aromatic heterocycles. The zero-order valence-corrected chi connectivity index (χ0v) is 13.6. The Morgan fingerprint density at radius 3 is 2.65 bits per heavy atom. The fourth-order valence-electron chi connectivity index (χ4n) is 1.61. The second kappa shape index (κ2) is 6.85. The monoisotopic (exact) mass is 355 g/mol. The zero-order chi connectivity index (χ0) is 14.5. The summed E-state index contributed by atoms with van der Waals surface area (Å²) in [7, 11) is 0. The summed E-state index contributed by atoms with van der Waals surface area (Å²) in [5.41, 5.74) is 2.01. The molecule has 0 spiro atoms. The molecule has 2 N–H and O–H groups in total. The zero-order valence-electron chi connectivity index (χ0n) is 11.2. The molecule has 0 aliphatic carbocycles. The molecule has 0 unspecified atom stereocenters. The third kappa shape index (κ3) is 4.05. The minimum Gasteiger partial charge on any atom is -0.354 e. The first kappa shape index (κ1) is 15.0. The van der Waals surface area contributed by atoms with Crippen LogP contribution >= 0.6 is 27.5 Å². The summed E-state index contributed by atoms with van der Waals surface area (Å²) >= 11 is 9.34. The van der Waals surface area contributed by atoms with E-state index in [0.717, 1.165) is 28.7 Å². The topological polar surface area (TPSA) is 62.7 Å². The van der Waals surface area contributed by atoms with Crippen molar-refractivity contribution in [1.29, 1.82) is 0 Å². The van der Waals surface area contributed by atoms with Crippen LogP contribution in [0.15, 0.2) is 22.7 Å². The Morgan fingerprint density at radius 2 is 1.95 bits per heavy atom. The van der Waals surface area contributed by atoms with Crippen LogP contribution in [-0.2, 0) is 0 Å². The van der Waals surface area contributed by atoms with Gasteiger partial charge in [-0.2, -0.15) is 15.0 Å². The predicted molar refractivity (Wildman–Crippen MR) is 85.8 cm³/mol. The minimum absolute atomic E-state index is 0.163. The summed E-state index contributed by atoms with van der Waals surface area (Å²) in [5.74, 6) is 0.901. The smallest absolute Gasteiger partial charge is 0.233 e. The van der Waals surface area contributed by atoms with E-state index in [1.807, 2.05) is 25.1 Å². The van der Waals surface area contributed by atoms with Crippen LogP contribution in [0.3, 0.4) is 0 Å². The minimum atomic E-state index is 0.163. The molecule has 106 valence electrons. The van der Waals surface area contributed by atoms with Crippen molar-refractivity contribution in [3.05, 3.63) is 33.5 Å². The van der Waals surface area contributed by atoms with Gasteiger partial charge in [-0.3, -0.25) is 0 Å². The predicted octanol–water partition coefficient (Wildman–Crippen LogP) is 4.16. The van der Waals surface area contributed by atoms with Crippen molar-refractivity contribution in [2.24, 2.45) is 0 Å². The van der Waals surface area contributed by atoms with Gasteiger partial charge in [0.2, 0.25) is 17.2 Å². The number of anilines is 3. The maximum absolute atomic E-state index is 5.91. The summed E-state index contributed by atoms with van der Waals surface area (Å²) in [6, 6.07) is 5.92. The van der Waals surface area contributed by atoms with E-state index in [0.29, 0.717) is 11.9 Å². The average Bonchev–Trinajstić information content (AvgIpc) is 2.39. The maximum Gasteiger partial charge on any atom is 0.233 e. The molecule has 0 atom stereocenters. The quantitative estimate of drug-likeness (QED) is 0.842. The standard InChI is InChI=1S/C13H15BrClN5/c1-3-6-16-12-18-11(15)19-13(20-12)17-10-5-4-9(14)7-8(10)2/h4-5,7H,3,6H2,1-2H3,(H2,16,17,18,19,20). The molecule has 0 bridgehead atoms. The number of hydrogen-bond donors (Lipinski definition) is 2. The molecular formula is C13H15BrClN5. The van der Waals surface area contributed by atoms with Crippen LogP contribution in [-0.4, -0.2) is 21.5 Å². The molecule has 7 heteroatoms. The normalized spacial score (nSPS) is 10.4. The second-order valence-corrected chi connectivity index (χ2v) is 5.52. The van der Waals surface area contributed by atoms with Crippen LogP contribution in [0.4, 0.5) is 17.6 Å². The fraction of sp³-hybridized carbons (Fsp3) is 0.308. The largest absolute Gasteiger partial charge is 0.354 e. The fourth-order valence-corrected chi connectivity index (χ4v) is 2.25. The molecule has 0 saturated carbocycles. The highest BCUT2D eigenvalue weighted by atomic mass is 79.9. The molecule has 5 nitrogen and oxygen atoms in total. The summed E-state index contributed by atoms with van der Waals surface area (Å²) in [6.45, 7) is 4.86. The van der Waals surface area contributed by atoms with Crippen molar-refractivity contribution in [1.82, 2.24) is 15.0 Å². The van der Waals surface area contributed by atoms with Crippen molar-refractivity contribution >= 4 is 45.1 Å². The molecular weight excluding hydrogens is 342 g/mol. The number of nitrogens with one attached hydrogen (secondary N) is 2. The summed E-state index contributed by atoms with van der Waals surface area (Å²) in [4.78, 5) is 12.4. The second-order valence-electron chi connectivity index (χ2n) is 4.26. The first-order chi connectivity index (χ1) is 9.58. The van der Waals surface area contributed by atoms with Crippen LogP contribution in [0.25, 0.3) is 0 Å². The number of aryl methyl sites for hydroxylation is 1. The van der Waals surface area contributed by atoms with Gasteiger partial charge in [0.25, 0.3) is 0 Å². The Bertz CT molecular complexity index is 605. The average molecular weight is 357 g/mol. The van der Waals surface area contributed by atoms with Crippen LogP contribution in [0.1, 0.15) is 18.9 Å². The lowest BCUT2D eigenvalue weighted by molar-refractivity contribution is 0.940. The van der Waals surface area contributed by atoms with E-state index in [2.05, 4.69) is 48.4 Å². The molecule has 0 saturated heterocycles. The van der Waals surface area contributed by atoms with E-state index in [-0.39, 0.29) is 5.28 Å². The molecule has 1 aromatic carbocycles. The van der Waals surface area contributed by atoms with Gasteiger partial charge in [-0.25, -0.2) is 0 Å². The summed E-state index contributed by atoms with van der Waals surface area (Å²) in [5, 5.41) is 6.40. The van der Waals surface area contributed by atoms with Gasteiger partial charge in [0, 0.05) is 16.7 Å². The lowest BCUT2D eigenvalue weighted by Gasteiger charge is -2.10. The van der Waals surface area contributed by atoms with E-state index < -0.39 is 0 Å². The third-order valence-electron chi connectivity index (χ3n) is 2.58. The Hall–Kier alpha value is -1.40. The first-order valence-electron chi connectivity index (χ1n) is 6.27. The van der Waals surface area contributed by atoms with Gasteiger partial charge >= 0.3 is 0 Å². The van der Waals surface area contributed by atoms with Crippen LogP contribution in [0, 0.1) is 6.92 Å². The van der Waals surface area contributed by atoms with Gasteiger partial charge < -0.3 is 10.6 Å². The van der Waals surface area contributed by atoms with E-state index in [1.54, 1.807) is 0 Å². The lowest BCUT2D eigenvalue weighted by atomic mass is 10.2. The number of rotatable bonds is 5. The van der Waals surface area contributed by atoms with Crippen molar-refractivity contribution in [3.63, 3.8) is 0 Å². The highest BCUT2D eigenvalue weighted by Gasteiger charge is 2.06. The van der Waals surface area contributed by atoms with Crippen molar-refractivity contribution in [2.75, 3.05) is 17.2 Å². The molecule has 0 radical (unpaired) electrons. The molecule has 0 aliphatic heterocycles. The highest BCUT2D eigenvalue weighted by molar-refractivity contribution is 9.10. The van der Waals surface area contributed by atoms with Crippen LogP contribution < -0.4 is 10.6 Å². The van der Waals surface area contributed by atoms with Crippen LogP contribution in [0.2, 0.25) is 5.28 Å². The summed E-state index contributed by atoms with van der Waals surface area (Å²) < 4.78 is 1.03. The van der Waals surface area contributed by atoms with Crippen LogP contribution in [0.5, 0.6) is 0 Å². The molecule has 0 amide bonds. The van der Waals surface area contributed by atoms with Crippen molar-refractivity contribution in [3.8, 4) is 0 Å². The Kier molecular flexibility index (Phi) is 5.14. The number of hydrogen-bond acceptors (Lipinski definition) is 5. The van der Waals surface area contributed by atoms with Gasteiger partial charge in [0.1, 0.15) is 0 Å². The van der Waals surface area contributed by atoms with Gasteiger partial charge in [0.05, 0.1) is 0 Å². The molecule has 2 rings (SSSR count). The van der Waals surface area contributed by atoms with Crippen molar-refractivity contribution in [2.45, 2.75) is 20.3 Å². The number of aromatic nitrogens is 3. The maximum atomic E-state index is 5.91. The number of halogens is 2. The van der Waals surface area contributed by atoms with Gasteiger partial charge in [-0.15, -0.1) is 0 Å². The molecule has 0 aliphatic rings. The van der Waals surface area contributed by atoms with Gasteiger partial charge in [-0.1, -0.05) is 22.9 Å².